The molecule has 0 atom stereocenters. The fraction of sp³-hybridized carbons (Fsp3) is 0. The second-order valence-electron chi connectivity index (χ2n) is 8.65. The van der Waals surface area contributed by atoms with E-state index < -0.39 is 42.4 Å². The predicted octanol–water partition coefficient (Wildman–Crippen LogP) is 8.29. The minimum atomic E-state index is -0.800. The zero-order valence-corrected chi connectivity index (χ0v) is 29.4. The first-order chi connectivity index (χ1) is 22.6. The lowest BCUT2D eigenvalue weighted by Gasteiger charge is -2.02. The van der Waals surface area contributed by atoms with Crippen LogP contribution in [0.4, 0.5) is 22.7 Å². The van der Waals surface area contributed by atoms with E-state index in [2.05, 4.69) is 74.0 Å². The van der Waals surface area contributed by atoms with Gasteiger partial charge >= 0.3 is 11.4 Å². The van der Waals surface area contributed by atoms with E-state index in [1.807, 2.05) is 0 Å². The molecule has 0 aromatic heterocycles. The summed E-state index contributed by atoms with van der Waals surface area (Å²) in [5.74, 6) is -0.448. The van der Waals surface area contributed by atoms with E-state index >= 15 is 0 Å². The van der Waals surface area contributed by atoms with Crippen molar-refractivity contribution in [2.45, 2.75) is 0 Å². The molecule has 0 unspecified atom stereocenters. The van der Waals surface area contributed by atoms with Crippen LogP contribution in [0.25, 0.3) is 0 Å². The highest BCUT2D eigenvalue weighted by atomic mass is 79.9. The largest absolute Gasteiger partial charge is 0.506 e. The Kier molecular flexibility index (Phi) is 13.0. The number of nitro groups is 4. The van der Waals surface area contributed by atoms with Gasteiger partial charge in [-0.2, -0.15) is 0 Å². The third kappa shape index (κ3) is 9.97. The second-order valence-corrected chi connectivity index (χ2v) is 12.1. The van der Waals surface area contributed by atoms with Crippen LogP contribution in [0.2, 0.25) is 0 Å². The van der Waals surface area contributed by atoms with Crippen molar-refractivity contribution in [3.05, 3.63) is 130 Å². The second kappa shape index (κ2) is 16.7. The highest BCUT2D eigenvalue weighted by molar-refractivity contribution is 9.11. The van der Waals surface area contributed by atoms with Crippen LogP contribution >= 0.6 is 63.7 Å². The minimum Gasteiger partial charge on any atom is -0.506 e. The molecule has 0 spiro atoms. The summed E-state index contributed by atoms with van der Waals surface area (Å²) >= 11 is 12.6. The van der Waals surface area contributed by atoms with Crippen LogP contribution in [0, 0.1) is 40.5 Å². The number of nitrogens with zero attached hydrogens (tertiary/aromatic N) is 6. The van der Waals surface area contributed by atoms with Crippen LogP contribution in [0.1, 0.15) is 11.1 Å². The lowest BCUT2D eigenvalue weighted by molar-refractivity contribution is -0.395. The van der Waals surface area contributed by atoms with E-state index in [4.69, 9.17) is 9.68 Å². The maximum absolute atomic E-state index is 11.0. The Morgan fingerprint density at radius 2 is 0.854 bits per heavy atom. The lowest BCUT2D eigenvalue weighted by atomic mass is 10.2. The molecule has 0 aliphatic heterocycles. The molecule has 48 heavy (non-hydrogen) atoms. The monoisotopic (exact) mass is 918 g/mol. The van der Waals surface area contributed by atoms with Crippen LogP contribution in [0.5, 0.6) is 23.0 Å². The summed E-state index contributed by atoms with van der Waals surface area (Å²) in [6.07, 6.45) is 2.53. The number of oxime groups is 2. The number of phenols is 2. The van der Waals surface area contributed by atoms with E-state index in [1.165, 1.54) is 12.4 Å². The Labute approximate surface area is 300 Å². The molecule has 4 rings (SSSR count). The summed E-state index contributed by atoms with van der Waals surface area (Å²) in [6, 6.07) is 12.1. The fourth-order valence-corrected chi connectivity index (χ4v) is 5.73. The molecule has 4 aromatic rings. The zero-order chi connectivity index (χ0) is 35.7. The maximum atomic E-state index is 11.0. The van der Waals surface area contributed by atoms with Crippen molar-refractivity contribution in [3.63, 3.8) is 0 Å². The molecule has 4 aromatic carbocycles. The summed E-state index contributed by atoms with van der Waals surface area (Å²) in [6.45, 7) is 0. The summed E-state index contributed by atoms with van der Waals surface area (Å²) in [5.41, 5.74) is -0.926. The summed E-state index contributed by atoms with van der Waals surface area (Å²) in [4.78, 5) is 50.1. The van der Waals surface area contributed by atoms with Crippen molar-refractivity contribution in [1.82, 2.24) is 0 Å². The van der Waals surface area contributed by atoms with E-state index in [-0.39, 0.29) is 23.0 Å². The Bertz CT molecular complexity index is 1810. The molecule has 0 aliphatic rings. The molecule has 2 N–H and O–H groups in total. The summed E-state index contributed by atoms with van der Waals surface area (Å²) < 4.78 is 1.67. The number of hydrogen-bond acceptors (Lipinski definition) is 14. The highest BCUT2D eigenvalue weighted by Gasteiger charge is 2.22. The first-order valence-electron chi connectivity index (χ1n) is 12.2. The van der Waals surface area contributed by atoms with Crippen molar-refractivity contribution >= 4 is 98.9 Å². The molecule has 22 heteroatoms. The van der Waals surface area contributed by atoms with Gasteiger partial charge in [0.2, 0.25) is 11.5 Å². The van der Waals surface area contributed by atoms with Gasteiger partial charge < -0.3 is 19.9 Å². The highest BCUT2D eigenvalue weighted by Crippen LogP contribution is 2.35. The first-order valence-corrected chi connectivity index (χ1v) is 15.4. The number of hydrogen-bond donors (Lipinski definition) is 2. The van der Waals surface area contributed by atoms with Gasteiger partial charge in [-0.05, 0) is 111 Å². The Hall–Kier alpha value is -5.06. The van der Waals surface area contributed by atoms with E-state index in [0.717, 1.165) is 36.4 Å². The standard InChI is InChI=1S/2C13H7Br2N3O6/c2*14-9-3-7(4-10(15)13(9)19)6-16-24-12-2-1-8(17(20)21)5-11(12)18(22)23/h2*1-6,19H/b2*16-6+. The summed E-state index contributed by atoms with van der Waals surface area (Å²) in [7, 11) is 0. The molecule has 0 heterocycles. The van der Waals surface area contributed by atoms with Crippen molar-refractivity contribution in [2.24, 2.45) is 10.3 Å². The Balaban J connectivity index is 0.000000260. The fourth-order valence-electron chi connectivity index (χ4n) is 3.29. The van der Waals surface area contributed by atoms with Crippen LogP contribution in [0.3, 0.4) is 0 Å². The molecule has 0 aliphatic carbocycles. The molecule has 0 fully saturated rings. The van der Waals surface area contributed by atoms with E-state index in [1.54, 1.807) is 24.3 Å². The Morgan fingerprint density at radius 1 is 0.542 bits per heavy atom. The molecule has 0 saturated heterocycles. The van der Waals surface area contributed by atoms with Crippen LogP contribution in [-0.4, -0.2) is 42.3 Å². The quantitative estimate of drug-likeness (QED) is 0.0865. The molecule has 248 valence electrons. The molecule has 0 radical (unpaired) electrons. The minimum absolute atomic E-state index is 0.0130. The van der Waals surface area contributed by atoms with Crippen LogP contribution < -0.4 is 9.68 Å². The van der Waals surface area contributed by atoms with E-state index in [0.29, 0.717) is 29.0 Å². The number of halogens is 4. The molecular formula is C26H14Br4N6O12. The molecular weight excluding hydrogens is 908 g/mol. The molecule has 0 saturated carbocycles. The average molecular weight is 922 g/mol. The van der Waals surface area contributed by atoms with Gasteiger partial charge in [-0.25, -0.2) is 0 Å². The van der Waals surface area contributed by atoms with E-state index in [9.17, 15) is 50.7 Å². The van der Waals surface area contributed by atoms with Crippen LogP contribution in [-0.2, 0) is 0 Å². The molecule has 18 nitrogen and oxygen atoms in total. The van der Waals surface area contributed by atoms with Gasteiger partial charge in [0.05, 0.1) is 62.1 Å². The number of nitro benzene ring substituents is 4. The number of phenolic OH excluding ortho intramolecular Hbond substituents is 2. The van der Waals surface area contributed by atoms with Crippen molar-refractivity contribution in [1.29, 1.82) is 0 Å². The number of benzene rings is 4. The van der Waals surface area contributed by atoms with Gasteiger partial charge in [0, 0.05) is 12.1 Å². The van der Waals surface area contributed by atoms with Gasteiger partial charge in [0.15, 0.2) is 0 Å². The Morgan fingerprint density at radius 3 is 1.12 bits per heavy atom. The zero-order valence-electron chi connectivity index (χ0n) is 23.1. The maximum Gasteiger partial charge on any atom is 0.321 e. The summed E-state index contributed by atoms with van der Waals surface area (Å²) in [5, 5.41) is 69.7. The SMILES string of the molecule is O=[N+]([O-])c1ccc(O/N=C/c2cc(Br)c(O)c(Br)c2)c([N+](=O)[O-])c1.O=[N+]([O-])c1ccc(O/N=C/c2cc(Br)c(O)c(Br)c2)c([N+](=O)[O-])c1. The third-order valence-corrected chi connectivity index (χ3v) is 7.90. The van der Waals surface area contributed by atoms with Crippen molar-refractivity contribution < 1.29 is 39.6 Å². The first kappa shape index (κ1) is 37.4. The van der Waals surface area contributed by atoms with Crippen LogP contribution in [0.15, 0.2) is 88.9 Å². The number of non-ortho nitro benzene ring substituents is 2. The lowest BCUT2D eigenvalue weighted by Crippen LogP contribution is -1.96. The number of rotatable bonds is 10. The average Bonchev–Trinajstić information content (AvgIpc) is 3.02. The smallest absolute Gasteiger partial charge is 0.321 e. The number of aromatic hydroxyl groups is 2. The topological polar surface area (TPSA) is 256 Å². The van der Waals surface area contributed by atoms with Gasteiger partial charge in [0.1, 0.15) is 11.5 Å². The van der Waals surface area contributed by atoms with Gasteiger partial charge in [-0.1, -0.05) is 10.3 Å². The van der Waals surface area contributed by atoms with Crippen molar-refractivity contribution in [2.75, 3.05) is 0 Å². The van der Waals surface area contributed by atoms with Gasteiger partial charge in [-0.15, -0.1) is 0 Å². The van der Waals surface area contributed by atoms with Crippen molar-refractivity contribution in [3.8, 4) is 23.0 Å². The molecule has 0 bridgehead atoms. The molecule has 0 amide bonds. The third-order valence-electron chi connectivity index (χ3n) is 5.48. The predicted molar refractivity (Wildman–Crippen MR) is 183 cm³/mol. The van der Waals surface area contributed by atoms with Gasteiger partial charge in [0.25, 0.3) is 11.4 Å². The normalized spacial score (nSPS) is 10.8. The van der Waals surface area contributed by atoms with Gasteiger partial charge in [-0.3, -0.25) is 40.5 Å².